The first kappa shape index (κ1) is 11.5. The normalized spacial score (nSPS) is 39.2. The van der Waals surface area contributed by atoms with Gasteiger partial charge in [0.15, 0.2) is 0 Å². The fourth-order valence-corrected chi connectivity index (χ4v) is 3.96. The van der Waals surface area contributed by atoms with Gasteiger partial charge in [0.05, 0.1) is 6.42 Å². The highest BCUT2D eigenvalue weighted by atomic mass is 16.4. The maximum Gasteiger partial charge on any atom is 0.303 e. The monoisotopic (exact) mass is 238 g/mol. The van der Waals surface area contributed by atoms with Crippen LogP contribution >= 0.6 is 0 Å². The van der Waals surface area contributed by atoms with Crippen LogP contribution in [0.4, 0.5) is 0 Å². The molecule has 0 spiro atoms. The van der Waals surface area contributed by atoms with E-state index in [1.54, 1.807) is 0 Å². The molecule has 3 heterocycles. The molecule has 0 saturated carbocycles. The van der Waals surface area contributed by atoms with Gasteiger partial charge in [-0.3, -0.25) is 9.69 Å². The molecule has 4 nitrogen and oxygen atoms in total. The first-order valence-electron chi connectivity index (χ1n) is 6.81. The minimum absolute atomic E-state index is 0.357. The smallest absolute Gasteiger partial charge is 0.303 e. The van der Waals surface area contributed by atoms with Gasteiger partial charge in [-0.25, -0.2) is 0 Å². The van der Waals surface area contributed by atoms with E-state index in [4.69, 9.17) is 5.11 Å². The van der Waals surface area contributed by atoms with Gasteiger partial charge >= 0.3 is 5.97 Å². The van der Waals surface area contributed by atoms with Crippen LogP contribution < -0.4 is 0 Å². The molecule has 3 aliphatic heterocycles. The van der Waals surface area contributed by atoms with Crippen LogP contribution in [-0.2, 0) is 4.79 Å². The molecule has 0 aromatic rings. The minimum Gasteiger partial charge on any atom is -0.481 e. The molecule has 0 radical (unpaired) electrons. The highest BCUT2D eigenvalue weighted by molar-refractivity contribution is 5.67. The number of likely N-dealkylation sites (tertiary alicyclic amines) is 1. The lowest BCUT2D eigenvalue weighted by Crippen LogP contribution is -2.57. The number of nitrogens with zero attached hydrogens (tertiary/aromatic N) is 2. The second-order valence-electron chi connectivity index (χ2n) is 6.09. The Morgan fingerprint density at radius 2 is 1.76 bits per heavy atom. The van der Waals surface area contributed by atoms with Crippen molar-refractivity contribution >= 4 is 5.97 Å². The molecule has 3 rings (SSSR count). The molecule has 17 heavy (non-hydrogen) atoms. The van der Waals surface area contributed by atoms with Crippen molar-refractivity contribution in [2.45, 2.75) is 50.2 Å². The lowest BCUT2D eigenvalue weighted by atomic mass is 9.89. The van der Waals surface area contributed by atoms with Crippen LogP contribution in [0.3, 0.4) is 0 Å². The zero-order valence-electron chi connectivity index (χ0n) is 10.5. The highest BCUT2D eigenvalue weighted by Gasteiger charge is 2.43. The fraction of sp³-hybridized carbons (Fsp3) is 0.923. The summed E-state index contributed by atoms with van der Waals surface area (Å²) in [5, 5.41) is 8.75. The Labute approximate surface area is 103 Å². The quantitative estimate of drug-likeness (QED) is 0.797. The first-order chi connectivity index (χ1) is 8.13. The van der Waals surface area contributed by atoms with Crippen molar-refractivity contribution in [3.63, 3.8) is 0 Å². The Morgan fingerprint density at radius 1 is 1.18 bits per heavy atom. The third kappa shape index (κ3) is 2.08. The summed E-state index contributed by atoms with van der Waals surface area (Å²) in [6.45, 7) is 2.03. The van der Waals surface area contributed by atoms with Gasteiger partial charge in [-0.15, -0.1) is 0 Å². The van der Waals surface area contributed by atoms with Gasteiger partial charge in [0.25, 0.3) is 0 Å². The van der Waals surface area contributed by atoms with Crippen LogP contribution in [0.15, 0.2) is 0 Å². The molecular weight excluding hydrogens is 216 g/mol. The van der Waals surface area contributed by atoms with Crippen LogP contribution in [-0.4, -0.2) is 59.1 Å². The van der Waals surface area contributed by atoms with E-state index in [-0.39, 0.29) is 0 Å². The van der Waals surface area contributed by atoms with Gasteiger partial charge in [-0.1, -0.05) is 0 Å². The summed E-state index contributed by atoms with van der Waals surface area (Å²) in [5.74, 6) is -0.233. The van der Waals surface area contributed by atoms with Crippen LogP contribution in [0.1, 0.15) is 32.1 Å². The summed E-state index contributed by atoms with van der Waals surface area (Å²) in [6, 6.07) is 2.31. The van der Waals surface area contributed by atoms with Crippen LogP contribution in [0.25, 0.3) is 0 Å². The molecular formula is C13H22N2O2. The first-order valence-corrected chi connectivity index (χ1v) is 6.81. The van der Waals surface area contributed by atoms with E-state index in [2.05, 4.69) is 16.8 Å². The molecule has 2 unspecified atom stereocenters. The second-order valence-corrected chi connectivity index (χ2v) is 6.09. The van der Waals surface area contributed by atoms with E-state index in [9.17, 15) is 4.79 Å². The predicted molar refractivity (Wildman–Crippen MR) is 64.9 cm³/mol. The van der Waals surface area contributed by atoms with E-state index < -0.39 is 5.97 Å². The number of carbonyl (C=O) groups is 1. The summed E-state index contributed by atoms with van der Waals surface area (Å²) in [4.78, 5) is 15.7. The molecule has 0 aliphatic carbocycles. The Hall–Kier alpha value is -0.610. The zero-order valence-corrected chi connectivity index (χ0v) is 10.5. The molecule has 4 heteroatoms. The van der Waals surface area contributed by atoms with Gasteiger partial charge in [0, 0.05) is 31.2 Å². The Kier molecular flexibility index (Phi) is 2.87. The minimum atomic E-state index is -0.641. The molecule has 2 bridgehead atoms. The van der Waals surface area contributed by atoms with E-state index >= 15 is 0 Å². The van der Waals surface area contributed by atoms with Gasteiger partial charge in [0.1, 0.15) is 0 Å². The number of hydrogen-bond acceptors (Lipinski definition) is 3. The number of aliphatic carboxylic acids is 1. The topological polar surface area (TPSA) is 43.8 Å². The third-order valence-corrected chi connectivity index (χ3v) is 5.04. The molecule has 3 aliphatic rings. The van der Waals surface area contributed by atoms with Crippen LogP contribution in [0.2, 0.25) is 0 Å². The predicted octanol–water partition coefficient (Wildman–Crippen LogP) is 1.02. The SMILES string of the molecule is CN1C2CCC1CC(N1CC(CC(=O)O)C1)C2. The lowest BCUT2D eigenvalue weighted by Gasteiger charge is -2.48. The Balaban J connectivity index is 1.50. The van der Waals surface area contributed by atoms with Gasteiger partial charge in [-0.2, -0.15) is 0 Å². The van der Waals surface area contributed by atoms with Crippen molar-refractivity contribution in [2.24, 2.45) is 5.92 Å². The highest BCUT2D eigenvalue weighted by Crippen LogP contribution is 2.38. The molecule has 0 amide bonds. The van der Waals surface area contributed by atoms with Crippen LogP contribution in [0, 0.1) is 5.92 Å². The van der Waals surface area contributed by atoms with Crippen molar-refractivity contribution in [3.8, 4) is 0 Å². The largest absolute Gasteiger partial charge is 0.481 e. The van der Waals surface area contributed by atoms with Gasteiger partial charge < -0.3 is 10.0 Å². The second kappa shape index (κ2) is 4.25. The summed E-state index contributed by atoms with van der Waals surface area (Å²) in [7, 11) is 2.27. The molecule has 96 valence electrons. The standard InChI is InChI=1S/C13H22N2O2/c1-14-10-2-3-11(14)6-12(5-10)15-7-9(8-15)4-13(16)17/h9-12H,2-8H2,1H3,(H,16,17). The third-order valence-electron chi connectivity index (χ3n) is 5.04. The number of fused-ring (bicyclic) bond motifs is 2. The van der Waals surface area contributed by atoms with Gasteiger partial charge in [-0.05, 0) is 38.6 Å². The maximum absolute atomic E-state index is 10.6. The number of piperidine rings is 1. The molecule has 0 aromatic heterocycles. The Bertz CT molecular complexity index is 301. The summed E-state index contributed by atoms with van der Waals surface area (Å²) in [5.41, 5.74) is 0. The number of carboxylic acids is 1. The van der Waals surface area contributed by atoms with Crippen molar-refractivity contribution in [3.05, 3.63) is 0 Å². The fourth-order valence-electron chi connectivity index (χ4n) is 3.96. The summed E-state index contributed by atoms with van der Waals surface area (Å²) < 4.78 is 0. The van der Waals surface area contributed by atoms with Crippen molar-refractivity contribution in [1.82, 2.24) is 9.80 Å². The van der Waals surface area contributed by atoms with Gasteiger partial charge in [0.2, 0.25) is 0 Å². The van der Waals surface area contributed by atoms with E-state index in [1.165, 1.54) is 25.7 Å². The average molecular weight is 238 g/mol. The summed E-state index contributed by atoms with van der Waals surface area (Å²) >= 11 is 0. The van der Waals surface area contributed by atoms with Crippen molar-refractivity contribution in [1.29, 1.82) is 0 Å². The van der Waals surface area contributed by atoms with Crippen molar-refractivity contribution < 1.29 is 9.90 Å². The van der Waals surface area contributed by atoms with E-state index in [0.29, 0.717) is 12.3 Å². The zero-order chi connectivity index (χ0) is 12.0. The molecule has 0 aromatic carbocycles. The lowest BCUT2D eigenvalue weighted by molar-refractivity contribution is -0.140. The maximum atomic E-state index is 10.6. The number of hydrogen-bond donors (Lipinski definition) is 1. The van der Waals surface area contributed by atoms with E-state index in [1.807, 2.05) is 0 Å². The number of rotatable bonds is 3. The molecule has 2 atom stereocenters. The average Bonchev–Trinajstić information content (AvgIpc) is 2.48. The van der Waals surface area contributed by atoms with Crippen molar-refractivity contribution in [2.75, 3.05) is 20.1 Å². The van der Waals surface area contributed by atoms with Crippen LogP contribution in [0.5, 0.6) is 0 Å². The molecule has 3 saturated heterocycles. The number of carboxylic acid groups (broad SMARTS) is 1. The molecule has 1 N–H and O–H groups in total. The Morgan fingerprint density at radius 3 is 2.29 bits per heavy atom. The summed E-state index contributed by atoms with van der Waals surface area (Å²) in [6.07, 6.45) is 5.68. The van der Waals surface area contributed by atoms with E-state index in [0.717, 1.165) is 31.2 Å². The molecule has 3 fully saturated rings.